The number of rotatable bonds is 8. The molecule has 6 heteroatoms. The number of allylic oxidation sites excluding steroid dienone is 2. The van der Waals surface area contributed by atoms with Gasteiger partial charge in [0, 0.05) is 33.3 Å². The number of benzene rings is 1. The number of likely N-dealkylation sites (tertiary alicyclic amines) is 1. The summed E-state index contributed by atoms with van der Waals surface area (Å²) in [7, 11) is 1.60. The highest BCUT2D eigenvalue weighted by Gasteiger charge is 2.57. The number of hydrogen-bond donors (Lipinski definition) is 0. The first-order valence-corrected chi connectivity index (χ1v) is 11.7. The van der Waals surface area contributed by atoms with Crippen molar-refractivity contribution in [1.29, 1.82) is 0 Å². The molecule has 4 rings (SSSR count). The Hall–Kier alpha value is -2.18. The van der Waals surface area contributed by atoms with E-state index in [1.807, 2.05) is 23.1 Å². The van der Waals surface area contributed by atoms with Gasteiger partial charge in [-0.1, -0.05) is 42.5 Å². The molecule has 1 aliphatic carbocycles. The summed E-state index contributed by atoms with van der Waals surface area (Å²) in [5, 5.41) is 0. The van der Waals surface area contributed by atoms with Crippen molar-refractivity contribution in [3.63, 3.8) is 0 Å². The van der Waals surface area contributed by atoms with Crippen LogP contribution < -0.4 is 0 Å². The van der Waals surface area contributed by atoms with Crippen LogP contribution in [0.3, 0.4) is 0 Å². The molecule has 2 fully saturated rings. The number of imide groups is 1. The zero-order chi connectivity index (χ0) is 21.7. The summed E-state index contributed by atoms with van der Waals surface area (Å²) in [4.78, 5) is 32.6. The van der Waals surface area contributed by atoms with Crippen LogP contribution in [0.5, 0.6) is 0 Å². The molecule has 3 aliphatic rings. The molecule has 1 atom stereocenters. The van der Waals surface area contributed by atoms with Gasteiger partial charge in [0.25, 0.3) is 5.91 Å². The fraction of sp³-hybridized carbons (Fsp3) is 0.600. The van der Waals surface area contributed by atoms with Crippen molar-refractivity contribution in [2.75, 3.05) is 46.4 Å². The van der Waals surface area contributed by atoms with Gasteiger partial charge in [-0.05, 0) is 50.0 Å². The lowest BCUT2D eigenvalue weighted by Gasteiger charge is -2.43. The summed E-state index contributed by atoms with van der Waals surface area (Å²) >= 11 is 0. The highest BCUT2D eigenvalue weighted by molar-refractivity contribution is 6.07. The number of carbonyl (C=O) groups excluding carboxylic acids is 2. The Morgan fingerprint density at radius 3 is 2.52 bits per heavy atom. The van der Waals surface area contributed by atoms with Crippen LogP contribution in [0.15, 0.2) is 42.5 Å². The van der Waals surface area contributed by atoms with Crippen molar-refractivity contribution < 1.29 is 14.3 Å². The van der Waals surface area contributed by atoms with Crippen molar-refractivity contribution in [3.05, 3.63) is 48.0 Å². The number of amides is 3. The Morgan fingerprint density at radius 2 is 1.84 bits per heavy atom. The molecule has 168 valence electrons. The Kier molecular flexibility index (Phi) is 7.08. The molecule has 0 aromatic heterocycles. The predicted octanol–water partition coefficient (Wildman–Crippen LogP) is 3.33. The second-order valence-corrected chi connectivity index (χ2v) is 9.10. The van der Waals surface area contributed by atoms with Gasteiger partial charge in [0.05, 0.1) is 13.2 Å². The van der Waals surface area contributed by atoms with E-state index in [1.54, 1.807) is 7.11 Å². The molecule has 0 radical (unpaired) electrons. The van der Waals surface area contributed by atoms with E-state index in [-0.39, 0.29) is 11.9 Å². The number of ether oxygens (including phenoxy) is 1. The van der Waals surface area contributed by atoms with E-state index < -0.39 is 5.54 Å². The summed E-state index contributed by atoms with van der Waals surface area (Å²) < 4.78 is 5.16. The molecule has 1 aromatic rings. The summed E-state index contributed by atoms with van der Waals surface area (Å²) in [6.07, 6.45) is 10.4. The van der Waals surface area contributed by atoms with Gasteiger partial charge in [-0.15, -0.1) is 0 Å². The maximum absolute atomic E-state index is 13.5. The van der Waals surface area contributed by atoms with Gasteiger partial charge in [-0.3, -0.25) is 9.69 Å². The molecule has 0 unspecified atom stereocenters. The Balaban J connectivity index is 1.46. The van der Waals surface area contributed by atoms with Crippen molar-refractivity contribution >= 4 is 11.9 Å². The number of piperidine rings is 1. The predicted molar refractivity (Wildman–Crippen MR) is 121 cm³/mol. The lowest BCUT2D eigenvalue weighted by Crippen LogP contribution is -2.57. The van der Waals surface area contributed by atoms with Crippen LogP contribution in [0.4, 0.5) is 4.79 Å². The van der Waals surface area contributed by atoms with Gasteiger partial charge < -0.3 is 14.5 Å². The fourth-order valence-electron chi connectivity index (χ4n) is 5.33. The standard InChI is InChI=1S/C25H35N3O3/c1-31-19-18-27-23(29)25(28(24(27)30)15-12-21-8-4-2-5-9-21)13-16-26(17-14-25)20-22-10-6-3-7-11-22/h2-6,8-9,22H,7,10-20H2,1H3/t22-/m0/s1. The average molecular weight is 426 g/mol. The summed E-state index contributed by atoms with van der Waals surface area (Å²) in [6.45, 7) is 4.13. The van der Waals surface area contributed by atoms with Crippen LogP contribution >= 0.6 is 0 Å². The summed E-state index contributed by atoms with van der Waals surface area (Å²) in [5.41, 5.74) is 0.499. The van der Waals surface area contributed by atoms with Gasteiger partial charge >= 0.3 is 6.03 Å². The van der Waals surface area contributed by atoms with Crippen LogP contribution in [-0.2, 0) is 16.0 Å². The Bertz CT molecular complexity index is 786. The molecule has 2 heterocycles. The first-order chi connectivity index (χ1) is 15.1. The third kappa shape index (κ3) is 4.70. The van der Waals surface area contributed by atoms with Crippen LogP contribution in [0, 0.1) is 5.92 Å². The molecule has 1 spiro atoms. The highest BCUT2D eigenvalue weighted by Crippen LogP contribution is 2.38. The van der Waals surface area contributed by atoms with E-state index in [9.17, 15) is 9.59 Å². The van der Waals surface area contributed by atoms with Gasteiger partial charge in [0.15, 0.2) is 0 Å². The molecular weight excluding hydrogens is 390 g/mol. The zero-order valence-electron chi connectivity index (χ0n) is 18.7. The molecule has 3 amide bonds. The minimum Gasteiger partial charge on any atom is -0.383 e. The summed E-state index contributed by atoms with van der Waals surface area (Å²) in [6, 6.07) is 10.1. The van der Waals surface area contributed by atoms with Crippen molar-refractivity contribution in [2.45, 2.75) is 44.1 Å². The zero-order valence-corrected chi connectivity index (χ0v) is 18.7. The van der Waals surface area contributed by atoms with E-state index in [0.29, 0.717) is 25.6 Å². The molecule has 0 saturated carbocycles. The van der Waals surface area contributed by atoms with Gasteiger partial charge in [0.2, 0.25) is 0 Å². The van der Waals surface area contributed by atoms with E-state index in [2.05, 4.69) is 29.2 Å². The van der Waals surface area contributed by atoms with Crippen molar-refractivity contribution in [2.24, 2.45) is 5.92 Å². The monoisotopic (exact) mass is 425 g/mol. The number of nitrogens with zero attached hydrogens (tertiary/aromatic N) is 3. The molecular formula is C25H35N3O3. The fourth-order valence-corrected chi connectivity index (χ4v) is 5.33. The number of urea groups is 1. The largest absolute Gasteiger partial charge is 0.383 e. The second-order valence-electron chi connectivity index (χ2n) is 9.10. The normalized spacial score (nSPS) is 23.8. The summed E-state index contributed by atoms with van der Waals surface area (Å²) in [5.74, 6) is 0.690. The first-order valence-electron chi connectivity index (χ1n) is 11.7. The maximum atomic E-state index is 13.5. The van der Waals surface area contributed by atoms with Gasteiger partial charge in [-0.25, -0.2) is 4.79 Å². The first kappa shape index (κ1) is 22.0. The number of hydrogen-bond acceptors (Lipinski definition) is 4. The Labute approximate surface area is 185 Å². The SMILES string of the molecule is COCCN1C(=O)N(CCc2ccccc2)C2(CCN(C[C@H]3CC=CCC3)CC2)C1=O. The quantitative estimate of drug-likeness (QED) is 0.474. The third-order valence-corrected chi connectivity index (χ3v) is 7.18. The van der Waals surface area contributed by atoms with E-state index in [1.165, 1.54) is 23.3 Å². The molecule has 2 aliphatic heterocycles. The maximum Gasteiger partial charge on any atom is 0.327 e. The Morgan fingerprint density at radius 1 is 1.06 bits per heavy atom. The molecule has 1 aromatic carbocycles. The van der Waals surface area contributed by atoms with Crippen LogP contribution in [0.25, 0.3) is 0 Å². The van der Waals surface area contributed by atoms with Crippen LogP contribution in [-0.4, -0.2) is 78.6 Å². The van der Waals surface area contributed by atoms with E-state index >= 15 is 0 Å². The number of carbonyl (C=O) groups is 2. The van der Waals surface area contributed by atoms with Crippen molar-refractivity contribution in [3.8, 4) is 0 Å². The van der Waals surface area contributed by atoms with Crippen LogP contribution in [0.2, 0.25) is 0 Å². The lowest BCUT2D eigenvalue weighted by atomic mass is 9.84. The molecule has 0 bridgehead atoms. The van der Waals surface area contributed by atoms with Crippen LogP contribution in [0.1, 0.15) is 37.7 Å². The average Bonchev–Trinajstić information content (AvgIpc) is 2.99. The van der Waals surface area contributed by atoms with Crippen molar-refractivity contribution in [1.82, 2.24) is 14.7 Å². The lowest BCUT2D eigenvalue weighted by molar-refractivity contribution is -0.136. The number of methoxy groups -OCH3 is 1. The van der Waals surface area contributed by atoms with E-state index in [0.717, 1.165) is 45.3 Å². The third-order valence-electron chi connectivity index (χ3n) is 7.18. The molecule has 2 saturated heterocycles. The minimum atomic E-state index is -0.692. The smallest absolute Gasteiger partial charge is 0.327 e. The second kappa shape index (κ2) is 9.96. The molecule has 31 heavy (non-hydrogen) atoms. The topological polar surface area (TPSA) is 53.1 Å². The molecule has 0 N–H and O–H groups in total. The van der Waals surface area contributed by atoms with E-state index in [4.69, 9.17) is 4.74 Å². The van der Waals surface area contributed by atoms with Gasteiger partial charge in [0.1, 0.15) is 5.54 Å². The molecule has 6 nitrogen and oxygen atoms in total. The van der Waals surface area contributed by atoms with Gasteiger partial charge in [-0.2, -0.15) is 0 Å². The minimum absolute atomic E-state index is 0.0251. The highest BCUT2D eigenvalue weighted by atomic mass is 16.5.